The van der Waals surface area contributed by atoms with E-state index in [0.29, 0.717) is 0 Å². The van der Waals surface area contributed by atoms with Crippen molar-refractivity contribution < 1.29 is 46.1 Å². The van der Waals surface area contributed by atoms with Crippen LogP contribution in [0, 0.1) is 0 Å². The molecule has 0 fully saturated rings. The molecule has 0 aromatic rings. The van der Waals surface area contributed by atoms with E-state index in [4.69, 9.17) is 26.6 Å². The van der Waals surface area contributed by atoms with E-state index in [-0.39, 0.29) is 31.8 Å². The molecule has 0 aromatic heterocycles. The Kier molecular flexibility index (Phi) is 60.9. The standard InChI is InChI=1S/2H3N.2H2O3S.Zn/c;;2*1-4(2)3;/h2*1H3;2*(H2,1,2,3);/q;;;;+2/p-2. The molecule has 0 aliphatic rings. The molecule has 0 radical (unpaired) electrons. The Morgan fingerprint density at radius 1 is 1.00 bits per heavy atom. The molecule has 0 bridgehead atoms. The number of hydrogen-bond acceptors (Lipinski definition) is 6. The minimum absolute atomic E-state index is 0. The maximum atomic E-state index is 8.67. The molecule has 11 heteroatoms. The van der Waals surface area contributed by atoms with E-state index in [0.717, 1.165) is 0 Å². The molecule has 11 heavy (non-hydrogen) atoms. The van der Waals surface area contributed by atoms with Gasteiger partial charge in [0.2, 0.25) is 0 Å². The van der Waals surface area contributed by atoms with Crippen LogP contribution < -0.4 is 12.3 Å². The quantitative estimate of drug-likeness (QED) is 0.315. The van der Waals surface area contributed by atoms with Gasteiger partial charge in [-0.1, -0.05) is 0 Å². The Morgan fingerprint density at radius 2 is 1.00 bits per heavy atom. The van der Waals surface area contributed by atoms with Crippen LogP contribution in [0.15, 0.2) is 0 Å². The van der Waals surface area contributed by atoms with E-state index in [1.807, 2.05) is 0 Å². The van der Waals surface area contributed by atoms with E-state index in [1.165, 1.54) is 0 Å². The second kappa shape index (κ2) is 22.4. The van der Waals surface area contributed by atoms with Crippen LogP contribution in [0.2, 0.25) is 0 Å². The summed E-state index contributed by atoms with van der Waals surface area (Å²) in [5.41, 5.74) is 0. The van der Waals surface area contributed by atoms with E-state index in [9.17, 15) is 0 Å². The Bertz CT molecular complexity index is 76.6. The largest absolute Gasteiger partial charge is 2.00 e. The SMILES string of the molecule is N.N.O=S(O)O.O=S([O-])[O-].[Zn+2]. The molecular formula is H8N2O6S2Zn. The fraction of sp³-hybridized carbons (Fsp3) is 0. The van der Waals surface area contributed by atoms with Crippen LogP contribution in [-0.4, -0.2) is 26.6 Å². The normalized spacial score (nSPS) is 6.36. The van der Waals surface area contributed by atoms with Gasteiger partial charge in [0, 0.05) is 0 Å². The molecule has 0 heterocycles. The second-order valence-corrected chi connectivity index (χ2v) is 1.30. The third kappa shape index (κ3) is 1720. The van der Waals surface area contributed by atoms with Gasteiger partial charge < -0.3 is 21.4 Å². The zero-order valence-electron chi connectivity index (χ0n) is 5.47. The van der Waals surface area contributed by atoms with Crippen molar-refractivity contribution in [3.63, 3.8) is 0 Å². The van der Waals surface area contributed by atoms with Gasteiger partial charge >= 0.3 is 19.5 Å². The van der Waals surface area contributed by atoms with Gasteiger partial charge in [0.25, 0.3) is 11.4 Å². The predicted octanol–water partition coefficient (Wildman–Crippen LogP) is -1.00. The summed E-state index contributed by atoms with van der Waals surface area (Å²) in [6, 6.07) is 0. The molecule has 0 amide bonds. The Hall–Kier alpha value is 0.683. The Balaban J connectivity index is -0.0000000171. The van der Waals surface area contributed by atoms with Crippen LogP contribution in [0.25, 0.3) is 0 Å². The summed E-state index contributed by atoms with van der Waals surface area (Å²) >= 11 is -5.72. The van der Waals surface area contributed by atoms with Gasteiger partial charge in [0.05, 0.1) is 0 Å². The molecule has 0 unspecified atom stereocenters. The first-order valence-electron chi connectivity index (χ1n) is 1.03. The number of rotatable bonds is 0. The van der Waals surface area contributed by atoms with Gasteiger partial charge in [0.15, 0.2) is 0 Å². The molecule has 0 spiro atoms. The molecule has 0 saturated carbocycles. The van der Waals surface area contributed by atoms with Crippen molar-refractivity contribution in [2.24, 2.45) is 0 Å². The molecule has 68 valence electrons. The molecule has 0 atom stereocenters. The summed E-state index contributed by atoms with van der Waals surface area (Å²) in [6.07, 6.45) is 0. The van der Waals surface area contributed by atoms with Gasteiger partial charge in [-0.25, -0.2) is 0 Å². The minimum atomic E-state index is -3.11. The minimum Gasteiger partial charge on any atom is -0.784 e. The molecule has 0 aliphatic carbocycles. The van der Waals surface area contributed by atoms with Crippen LogP contribution in [0.3, 0.4) is 0 Å². The smallest absolute Gasteiger partial charge is 0.784 e. The van der Waals surface area contributed by atoms with Crippen LogP contribution >= 0.6 is 0 Å². The summed E-state index contributed by atoms with van der Waals surface area (Å²) in [5.74, 6) is 0. The van der Waals surface area contributed by atoms with Crippen molar-refractivity contribution in [3.05, 3.63) is 0 Å². The van der Waals surface area contributed by atoms with Crippen molar-refractivity contribution in [3.8, 4) is 0 Å². The molecule has 0 aromatic carbocycles. The summed E-state index contributed by atoms with van der Waals surface area (Å²) in [4.78, 5) is 0. The van der Waals surface area contributed by atoms with Gasteiger partial charge in [-0.15, -0.1) is 11.4 Å². The predicted molar refractivity (Wildman–Crippen MR) is 33.1 cm³/mol. The summed E-state index contributed by atoms with van der Waals surface area (Å²) < 4.78 is 48.2. The molecular weight excluding hydrogens is 254 g/mol. The third-order valence-electron chi connectivity index (χ3n) is 0. The van der Waals surface area contributed by atoms with Crippen molar-refractivity contribution in [1.29, 1.82) is 0 Å². The van der Waals surface area contributed by atoms with Crippen molar-refractivity contribution in [2.75, 3.05) is 0 Å². The molecule has 0 aliphatic heterocycles. The first-order chi connectivity index (χ1) is 3.46. The third-order valence-corrected chi connectivity index (χ3v) is 0. The van der Waals surface area contributed by atoms with Crippen LogP contribution in [0.5, 0.6) is 0 Å². The first-order valence-corrected chi connectivity index (χ1v) is 3.10. The average Bonchev–Trinajstić information content (AvgIpc) is 1.25. The molecule has 0 saturated heterocycles. The van der Waals surface area contributed by atoms with E-state index in [1.54, 1.807) is 0 Å². The van der Waals surface area contributed by atoms with Gasteiger partial charge in [0.1, 0.15) is 0 Å². The summed E-state index contributed by atoms with van der Waals surface area (Å²) in [5, 5.41) is 0. The number of hydrogen-bond donors (Lipinski definition) is 4. The van der Waals surface area contributed by atoms with Crippen molar-refractivity contribution >= 4 is 22.7 Å². The fourth-order valence-electron chi connectivity index (χ4n) is 0. The van der Waals surface area contributed by atoms with Crippen LogP contribution in [0.1, 0.15) is 0 Å². The molecule has 8 nitrogen and oxygen atoms in total. The second-order valence-electron chi connectivity index (χ2n) is 0.435. The van der Waals surface area contributed by atoms with Gasteiger partial charge in [-0.2, -0.15) is 4.21 Å². The Morgan fingerprint density at radius 3 is 1.00 bits per heavy atom. The first kappa shape index (κ1) is 29.9. The van der Waals surface area contributed by atoms with Crippen LogP contribution in [0.4, 0.5) is 0 Å². The zero-order valence-corrected chi connectivity index (χ0v) is 10.1. The van der Waals surface area contributed by atoms with E-state index >= 15 is 0 Å². The summed E-state index contributed by atoms with van der Waals surface area (Å²) in [6.45, 7) is 0. The summed E-state index contributed by atoms with van der Waals surface area (Å²) in [7, 11) is 0. The maximum Gasteiger partial charge on any atom is 2.00 e. The topological polar surface area (TPSA) is 191 Å². The zero-order chi connectivity index (χ0) is 7.15. The van der Waals surface area contributed by atoms with Gasteiger partial charge in [-0.3, -0.25) is 13.3 Å². The van der Waals surface area contributed by atoms with Crippen LogP contribution in [-0.2, 0) is 42.2 Å². The van der Waals surface area contributed by atoms with Gasteiger partial charge in [-0.05, 0) is 0 Å². The average molecular weight is 262 g/mol. The van der Waals surface area contributed by atoms with E-state index in [2.05, 4.69) is 0 Å². The monoisotopic (exact) mass is 260 g/mol. The molecule has 0 rings (SSSR count). The fourth-order valence-corrected chi connectivity index (χ4v) is 0. The maximum absolute atomic E-state index is 8.67. The van der Waals surface area contributed by atoms with Crippen molar-refractivity contribution in [1.82, 2.24) is 12.3 Å². The molecule has 8 N–H and O–H groups in total. The van der Waals surface area contributed by atoms with Crippen molar-refractivity contribution in [2.45, 2.75) is 0 Å². The Labute approximate surface area is 81.3 Å². The van der Waals surface area contributed by atoms with E-state index < -0.39 is 22.7 Å².